The molecule has 0 bridgehead atoms. The Bertz CT molecular complexity index is 1020. The van der Waals surface area contributed by atoms with E-state index in [1.54, 1.807) is 13.8 Å². The lowest BCUT2D eigenvalue weighted by Gasteiger charge is -2.09. The van der Waals surface area contributed by atoms with Crippen LogP contribution in [0.1, 0.15) is 28.7 Å². The van der Waals surface area contributed by atoms with Gasteiger partial charge in [0.15, 0.2) is 5.75 Å². The van der Waals surface area contributed by atoms with Crippen molar-refractivity contribution in [2.75, 3.05) is 6.61 Å². The molecular formula is C19H17N3O5. The zero-order valence-electron chi connectivity index (χ0n) is 14.8. The number of rotatable bonds is 6. The number of hydrogen-bond donors (Lipinski definition) is 0. The average molecular weight is 367 g/mol. The van der Waals surface area contributed by atoms with Crippen LogP contribution in [-0.2, 0) is 11.3 Å². The highest BCUT2D eigenvalue weighted by atomic mass is 16.6. The number of fused-ring (bicyclic) bond motifs is 1. The summed E-state index contributed by atoms with van der Waals surface area (Å²) >= 11 is 0. The molecule has 0 fully saturated rings. The van der Waals surface area contributed by atoms with Crippen molar-refractivity contribution in [3.05, 3.63) is 69.5 Å². The predicted molar refractivity (Wildman–Crippen MR) is 97.7 cm³/mol. The standard InChI is InChI=1S/C19H17N3O5/c1-3-26-18-9-8-13(10-17(18)22(24)25)19(23)27-11-16-12(2)20-14-6-4-5-7-15(14)21-16/h4-10H,3,11H2,1-2H3. The maximum absolute atomic E-state index is 12.3. The van der Waals surface area contributed by atoms with E-state index in [1.807, 2.05) is 24.3 Å². The van der Waals surface area contributed by atoms with Crippen molar-refractivity contribution in [2.24, 2.45) is 0 Å². The molecule has 1 heterocycles. The molecule has 0 saturated carbocycles. The first kappa shape index (κ1) is 18.2. The maximum Gasteiger partial charge on any atom is 0.338 e. The lowest BCUT2D eigenvalue weighted by atomic mass is 10.2. The van der Waals surface area contributed by atoms with Gasteiger partial charge in [0, 0.05) is 6.07 Å². The van der Waals surface area contributed by atoms with Crippen molar-refractivity contribution in [3.8, 4) is 5.75 Å². The number of nitro benzene ring substituents is 1. The van der Waals surface area contributed by atoms with Crippen LogP contribution in [0.5, 0.6) is 5.75 Å². The van der Waals surface area contributed by atoms with Crippen LogP contribution in [0.25, 0.3) is 11.0 Å². The second-order valence-corrected chi connectivity index (χ2v) is 5.69. The van der Waals surface area contributed by atoms with Gasteiger partial charge in [-0.25, -0.2) is 14.8 Å². The van der Waals surface area contributed by atoms with E-state index >= 15 is 0 Å². The number of ether oxygens (including phenoxy) is 2. The van der Waals surface area contributed by atoms with Crippen LogP contribution in [0.4, 0.5) is 5.69 Å². The van der Waals surface area contributed by atoms with Gasteiger partial charge in [-0.15, -0.1) is 0 Å². The van der Waals surface area contributed by atoms with Gasteiger partial charge in [0.25, 0.3) is 0 Å². The third-order valence-electron chi connectivity index (χ3n) is 3.87. The molecule has 0 unspecified atom stereocenters. The summed E-state index contributed by atoms with van der Waals surface area (Å²) in [5.41, 5.74) is 2.42. The topological polar surface area (TPSA) is 104 Å². The summed E-state index contributed by atoms with van der Waals surface area (Å²) in [5, 5.41) is 11.2. The molecule has 2 aromatic carbocycles. The molecule has 0 aliphatic carbocycles. The second-order valence-electron chi connectivity index (χ2n) is 5.69. The Balaban J connectivity index is 1.79. The molecule has 0 aliphatic rings. The number of aryl methyl sites for hydroxylation is 1. The van der Waals surface area contributed by atoms with Crippen molar-refractivity contribution < 1.29 is 19.2 Å². The fourth-order valence-corrected chi connectivity index (χ4v) is 2.54. The van der Waals surface area contributed by atoms with Gasteiger partial charge in [0.2, 0.25) is 0 Å². The van der Waals surface area contributed by atoms with E-state index in [2.05, 4.69) is 9.97 Å². The third kappa shape index (κ3) is 4.00. The van der Waals surface area contributed by atoms with Crippen molar-refractivity contribution in [2.45, 2.75) is 20.5 Å². The van der Waals surface area contributed by atoms with Gasteiger partial charge in [-0.1, -0.05) is 12.1 Å². The molecule has 0 spiro atoms. The molecule has 138 valence electrons. The fourth-order valence-electron chi connectivity index (χ4n) is 2.54. The zero-order valence-corrected chi connectivity index (χ0v) is 14.8. The van der Waals surface area contributed by atoms with Crippen molar-refractivity contribution >= 4 is 22.7 Å². The number of carbonyl (C=O) groups is 1. The highest BCUT2D eigenvalue weighted by Gasteiger charge is 2.19. The lowest BCUT2D eigenvalue weighted by molar-refractivity contribution is -0.385. The van der Waals surface area contributed by atoms with Crippen molar-refractivity contribution in [3.63, 3.8) is 0 Å². The molecule has 3 aromatic rings. The van der Waals surface area contributed by atoms with E-state index in [-0.39, 0.29) is 30.2 Å². The number of carbonyl (C=O) groups excluding carboxylic acids is 1. The summed E-state index contributed by atoms with van der Waals surface area (Å²) < 4.78 is 10.5. The molecule has 3 rings (SSSR count). The van der Waals surface area contributed by atoms with Gasteiger partial charge in [-0.2, -0.15) is 0 Å². The summed E-state index contributed by atoms with van der Waals surface area (Å²) in [6, 6.07) is 11.4. The van der Waals surface area contributed by atoms with Crippen LogP contribution in [0, 0.1) is 17.0 Å². The minimum atomic E-state index is -0.685. The molecule has 0 aliphatic heterocycles. The Hall–Kier alpha value is -3.55. The minimum Gasteiger partial charge on any atom is -0.487 e. The maximum atomic E-state index is 12.3. The molecule has 27 heavy (non-hydrogen) atoms. The number of esters is 1. The second kappa shape index (κ2) is 7.77. The SMILES string of the molecule is CCOc1ccc(C(=O)OCc2nc3ccccc3nc2C)cc1[N+](=O)[O-]. The number of para-hydroxylation sites is 2. The van der Waals surface area contributed by atoms with Crippen molar-refractivity contribution in [1.82, 2.24) is 9.97 Å². The first-order chi connectivity index (χ1) is 13.0. The molecule has 0 amide bonds. The summed E-state index contributed by atoms with van der Waals surface area (Å²) in [6.45, 7) is 3.71. The Morgan fingerprint density at radius 2 is 1.85 bits per heavy atom. The number of nitro groups is 1. The fraction of sp³-hybridized carbons (Fsp3) is 0.211. The van der Waals surface area contributed by atoms with Gasteiger partial charge in [0.1, 0.15) is 6.61 Å². The van der Waals surface area contributed by atoms with Gasteiger partial charge in [-0.3, -0.25) is 10.1 Å². The molecule has 0 saturated heterocycles. The smallest absolute Gasteiger partial charge is 0.338 e. The molecule has 0 atom stereocenters. The first-order valence-electron chi connectivity index (χ1n) is 8.30. The third-order valence-corrected chi connectivity index (χ3v) is 3.87. The molecular weight excluding hydrogens is 350 g/mol. The number of nitrogens with zero attached hydrogens (tertiary/aromatic N) is 3. The molecule has 1 aromatic heterocycles. The largest absolute Gasteiger partial charge is 0.487 e. The number of benzene rings is 2. The van der Waals surface area contributed by atoms with Crippen LogP contribution in [0.3, 0.4) is 0 Å². The Morgan fingerprint density at radius 3 is 2.52 bits per heavy atom. The van der Waals surface area contributed by atoms with Gasteiger partial charge in [0.05, 0.1) is 39.5 Å². The Morgan fingerprint density at radius 1 is 1.15 bits per heavy atom. The van der Waals surface area contributed by atoms with E-state index < -0.39 is 10.9 Å². The predicted octanol–water partition coefficient (Wildman–Crippen LogP) is 3.60. The molecule has 8 nitrogen and oxygen atoms in total. The monoisotopic (exact) mass is 367 g/mol. The number of hydrogen-bond acceptors (Lipinski definition) is 7. The lowest BCUT2D eigenvalue weighted by Crippen LogP contribution is -2.09. The highest BCUT2D eigenvalue weighted by molar-refractivity contribution is 5.90. The summed E-state index contributed by atoms with van der Waals surface area (Å²) in [7, 11) is 0. The van der Waals surface area contributed by atoms with Crippen LogP contribution >= 0.6 is 0 Å². The van der Waals surface area contributed by atoms with Gasteiger partial charge < -0.3 is 9.47 Å². The van der Waals surface area contributed by atoms with E-state index in [9.17, 15) is 14.9 Å². The summed E-state index contributed by atoms with van der Waals surface area (Å²) in [4.78, 5) is 31.8. The summed E-state index contributed by atoms with van der Waals surface area (Å²) in [6.07, 6.45) is 0. The Kier molecular flexibility index (Phi) is 5.25. The van der Waals surface area contributed by atoms with E-state index in [0.717, 1.165) is 11.6 Å². The molecule has 0 N–H and O–H groups in total. The quantitative estimate of drug-likeness (QED) is 0.372. The summed E-state index contributed by atoms with van der Waals surface area (Å²) in [5.74, 6) is -0.578. The van der Waals surface area contributed by atoms with Crippen molar-refractivity contribution in [1.29, 1.82) is 0 Å². The van der Waals surface area contributed by atoms with Gasteiger partial charge >= 0.3 is 11.7 Å². The normalized spacial score (nSPS) is 10.6. The Labute approximate surface area is 154 Å². The van der Waals surface area contributed by atoms with Gasteiger partial charge in [-0.05, 0) is 38.1 Å². The first-order valence-corrected chi connectivity index (χ1v) is 8.30. The van der Waals surface area contributed by atoms with E-state index in [4.69, 9.17) is 9.47 Å². The zero-order chi connectivity index (χ0) is 19.4. The van der Waals surface area contributed by atoms with Crippen LogP contribution < -0.4 is 4.74 Å². The van der Waals surface area contributed by atoms with Crippen LogP contribution in [0.15, 0.2) is 42.5 Å². The highest BCUT2D eigenvalue weighted by Crippen LogP contribution is 2.28. The van der Waals surface area contributed by atoms with Crippen LogP contribution in [-0.4, -0.2) is 27.5 Å². The minimum absolute atomic E-state index is 0.0663. The average Bonchev–Trinajstić information content (AvgIpc) is 2.66. The van der Waals surface area contributed by atoms with Crippen LogP contribution in [0.2, 0.25) is 0 Å². The molecule has 8 heteroatoms. The van der Waals surface area contributed by atoms with E-state index in [0.29, 0.717) is 16.9 Å². The number of aromatic nitrogens is 2. The van der Waals surface area contributed by atoms with E-state index in [1.165, 1.54) is 12.1 Å². The molecule has 0 radical (unpaired) electrons.